The van der Waals surface area contributed by atoms with E-state index in [1.54, 1.807) is 11.9 Å². The van der Waals surface area contributed by atoms with E-state index in [1.807, 2.05) is 12.1 Å². The maximum absolute atomic E-state index is 12.3. The lowest BCUT2D eigenvalue weighted by Gasteiger charge is -2.17. The number of likely N-dealkylation sites (tertiary alicyclic amines) is 1. The lowest BCUT2D eigenvalue weighted by molar-refractivity contribution is -0.128. The summed E-state index contributed by atoms with van der Waals surface area (Å²) in [6.07, 6.45) is 2.24. The highest BCUT2D eigenvalue weighted by Gasteiger charge is 2.34. The fourth-order valence-corrected chi connectivity index (χ4v) is 3.67. The van der Waals surface area contributed by atoms with E-state index in [0.717, 1.165) is 17.3 Å². The number of hydrogen-bond acceptors (Lipinski definition) is 2. The molecule has 2 atom stereocenters. The molecule has 0 radical (unpaired) electrons. The van der Waals surface area contributed by atoms with Gasteiger partial charge in [0.2, 0.25) is 11.8 Å². The first-order valence-corrected chi connectivity index (χ1v) is 7.67. The van der Waals surface area contributed by atoms with Crippen LogP contribution in [0, 0.1) is 5.92 Å². The third kappa shape index (κ3) is 2.35. The molecule has 5 heteroatoms. The van der Waals surface area contributed by atoms with Crippen molar-refractivity contribution in [1.82, 2.24) is 10.2 Å². The molecular formula is C15H17BrN2O2. The number of halogens is 1. The molecule has 1 fully saturated rings. The van der Waals surface area contributed by atoms with Gasteiger partial charge in [-0.2, -0.15) is 0 Å². The predicted octanol–water partition coefficient (Wildman–Crippen LogP) is 2.03. The van der Waals surface area contributed by atoms with Crippen molar-refractivity contribution in [2.75, 3.05) is 13.6 Å². The Morgan fingerprint density at radius 3 is 2.95 bits per heavy atom. The van der Waals surface area contributed by atoms with Gasteiger partial charge in [-0.3, -0.25) is 9.59 Å². The van der Waals surface area contributed by atoms with Gasteiger partial charge in [-0.1, -0.05) is 28.1 Å². The molecule has 1 aromatic rings. The maximum atomic E-state index is 12.3. The van der Waals surface area contributed by atoms with Gasteiger partial charge >= 0.3 is 0 Å². The van der Waals surface area contributed by atoms with Crippen LogP contribution in [0.4, 0.5) is 0 Å². The van der Waals surface area contributed by atoms with E-state index in [-0.39, 0.29) is 23.8 Å². The van der Waals surface area contributed by atoms with Crippen LogP contribution in [-0.2, 0) is 16.0 Å². The molecule has 2 aliphatic rings. The van der Waals surface area contributed by atoms with E-state index in [0.29, 0.717) is 13.0 Å². The molecule has 106 valence electrons. The van der Waals surface area contributed by atoms with Gasteiger partial charge in [-0.05, 0) is 30.0 Å². The van der Waals surface area contributed by atoms with Gasteiger partial charge in [0.25, 0.3) is 0 Å². The maximum Gasteiger partial charge on any atom is 0.225 e. The van der Waals surface area contributed by atoms with Gasteiger partial charge in [0.05, 0.1) is 12.0 Å². The molecule has 1 N–H and O–H groups in total. The van der Waals surface area contributed by atoms with Crippen LogP contribution in [0.2, 0.25) is 0 Å². The number of carbonyl (C=O) groups is 2. The van der Waals surface area contributed by atoms with Crippen LogP contribution in [0.5, 0.6) is 0 Å². The van der Waals surface area contributed by atoms with Crippen LogP contribution in [0.25, 0.3) is 0 Å². The molecule has 0 saturated carbocycles. The zero-order valence-corrected chi connectivity index (χ0v) is 12.9. The molecule has 4 nitrogen and oxygen atoms in total. The summed E-state index contributed by atoms with van der Waals surface area (Å²) in [5.74, 6) is -0.149. The average Bonchev–Trinajstić information content (AvgIpc) is 2.96. The van der Waals surface area contributed by atoms with E-state index in [1.165, 1.54) is 11.1 Å². The number of carbonyl (C=O) groups excluding carboxylic acids is 2. The molecule has 20 heavy (non-hydrogen) atoms. The predicted molar refractivity (Wildman–Crippen MR) is 79.1 cm³/mol. The zero-order valence-electron chi connectivity index (χ0n) is 11.4. The molecule has 3 rings (SSSR count). The molecule has 0 unspecified atom stereocenters. The Kier molecular flexibility index (Phi) is 3.54. The summed E-state index contributed by atoms with van der Waals surface area (Å²) in [6, 6.07) is 6.19. The Morgan fingerprint density at radius 2 is 2.25 bits per heavy atom. The lowest BCUT2D eigenvalue weighted by Crippen LogP contribution is -2.34. The van der Waals surface area contributed by atoms with E-state index >= 15 is 0 Å². The van der Waals surface area contributed by atoms with Crippen molar-refractivity contribution in [3.63, 3.8) is 0 Å². The first kappa shape index (κ1) is 13.6. The SMILES string of the molecule is CN1C[C@@H](C(=O)N[C@@H]2CCc3c(Br)cccc32)CC1=O. The van der Waals surface area contributed by atoms with E-state index in [9.17, 15) is 9.59 Å². The van der Waals surface area contributed by atoms with Gasteiger partial charge < -0.3 is 10.2 Å². The van der Waals surface area contributed by atoms with Crippen LogP contribution in [0.15, 0.2) is 22.7 Å². The molecule has 0 aromatic heterocycles. The molecule has 0 bridgehead atoms. The molecule has 1 aromatic carbocycles. The van der Waals surface area contributed by atoms with Crippen molar-refractivity contribution in [2.24, 2.45) is 5.92 Å². The van der Waals surface area contributed by atoms with Gasteiger partial charge in [0.15, 0.2) is 0 Å². The van der Waals surface area contributed by atoms with Crippen molar-refractivity contribution in [1.29, 1.82) is 0 Å². The number of rotatable bonds is 2. The summed E-state index contributed by atoms with van der Waals surface area (Å²) in [5, 5.41) is 3.11. The van der Waals surface area contributed by atoms with Gasteiger partial charge in [0.1, 0.15) is 0 Å². The normalized spacial score (nSPS) is 24.9. The molecule has 1 aliphatic heterocycles. The minimum absolute atomic E-state index is 0.000487. The van der Waals surface area contributed by atoms with E-state index in [2.05, 4.69) is 27.3 Å². The number of hydrogen-bond donors (Lipinski definition) is 1. The summed E-state index contributed by atoms with van der Waals surface area (Å²) in [7, 11) is 1.75. The Morgan fingerprint density at radius 1 is 1.45 bits per heavy atom. The number of nitrogens with one attached hydrogen (secondary N) is 1. The Hall–Kier alpha value is -1.36. The Balaban J connectivity index is 1.70. The summed E-state index contributed by atoms with van der Waals surface area (Å²) in [6.45, 7) is 0.530. The first-order chi connectivity index (χ1) is 9.56. The van der Waals surface area contributed by atoms with E-state index in [4.69, 9.17) is 0 Å². The molecule has 1 saturated heterocycles. The van der Waals surface area contributed by atoms with Gasteiger partial charge in [-0.15, -0.1) is 0 Å². The topological polar surface area (TPSA) is 49.4 Å². The van der Waals surface area contributed by atoms with Crippen LogP contribution in [0.1, 0.15) is 30.0 Å². The highest BCUT2D eigenvalue weighted by atomic mass is 79.9. The highest BCUT2D eigenvalue weighted by Crippen LogP contribution is 2.35. The number of fused-ring (bicyclic) bond motifs is 1. The smallest absolute Gasteiger partial charge is 0.225 e. The summed E-state index contributed by atoms with van der Waals surface area (Å²) in [5.41, 5.74) is 2.49. The average molecular weight is 337 g/mol. The highest BCUT2D eigenvalue weighted by molar-refractivity contribution is 9.10. The molecular weight excluding hydrogens is 320 g/mol. The second-order valence-electron chi connectivity index (χ2n) is 5.58. The number of nitrogens with zero attached hydrogens (tertiary/aromatic N) is 1. The van der Waals surface area contributed by atoms with Crippen molar-refractivity contribution in [3.05, 3.63) is 33.8 Å². The lowest BCUT2D eigenvalue weighted by atomic mass is 10.1. The molecule has 0 spiro atoms. The number of amides is 2. The molecule has 2 amide bonds. The fraction of sp³-hybridized carbons (Fsp3) is 0.467. The second-order valence-corrected chi connectivity index (χ2v) is 6.44. The number of benzene rings is 1. The van der Waals surface area contributed by atoms with Crippen LogP contribution in [-0.4, -0.2) is 30.3 Å². The fourth-order valence-electron chi connectivity index (χ4n) is 3.09. The Bertz CT molecular complexity index is 573. The van der Waals surface area contributed by atoms with Crippen molar-refractivity contribution in [3.8, 4) is 0 Å². The van der Waals surface area contributed by atoms with Gasteiger partial charge in [-0.25, -0.2) is 0 Å². The summed E-state index contributed by atoms with van der Waals surface area (Å²) in [4.78, 5) is 25.4. The van der Waals surface area contributed by atoms with Crippen LogP contribution in [0.3, 0.4) is 0 Å². The monoisotopic (exact) mass is 336 g/mol. The quantitative estimate of drug-likeness (QED) is 0.898. The molecule has 1 aliphatic carbocycles. The molecule has 1 heterocycles. The van der Waals surface area contributed by atoms with Crippen molar-refractivity contribution >= 4 is 27.7 Å². The third-order valence-electron chi connectivity index (χ3n) is 4.24. The first-order valence-electron chi connectivity index (χ1n) is 6.88. The van der Waals surface area contributed by atoms with Gasteiger partial charge in [0, 0.05) is 24.5 Å². The summed E-state index contributed by atoms with van der Waals surface area (Å²) >= 11 is 3.56. The largest absolute Gasteiger partial charge is 0.349 e. The summed E-state index contributed by atoms with van der Waals surface area (Å²) < 4.78 is 1.11. The van der Waals surface area contributed by atoms with Crippen molar-refractivity contribution in [2.45, 2.75) is 25.3 Å². The second kappa shape index (κ2) is 5.20. The third-order valence-corrected chi connectivity index (χ3v) is 4.98. The minimum Gasteiger partial charge on any atom is -0.349 e. The van der Waals surface area contributed by atoms with Crippen LogP contribution >= 0.6 is 15.9 Å². The van der Waals surface area contributed by atoms with E-state index < -0.39 is 0 Å². The Labute approximate surface area is 126 Å². The zero-order chi connectivity index (χ0) is 14.3. The minimum atomic E-state index is -0.205. The van der Waals surface area contributed by atoms with Crippen molar-refractivity contribution < 1.29 is 9.59 Å². The standard InChI is InChI=1S/C15H17BrN2O2/c1-18-8-9(7-14(18)19)15(20)17-13-6-5-10-11(13)3-2-4-12(10)16/h2-4,9,13H,5-8H2,1H3,(H,17,20)/t9-,13+/m0/s1. The van der Waals surface area contributed by atoms with Crippen LogP contribution < -0.4 is 5.32 Å².